The van der Waals surface area contributed by atoms with E-state index >= 15 is 0 Å². The third-order valence-corrected chi connectivity index (χ3v) is 5.88. The number of hydrogen-bond donors (Lipinski definition) is 2. The molecule has 0 fully saturated rings. The lowest BCUT2D eigenvalue weighted by Crippen LogP contribution is -2.20. The molecule has 0 spiro atoms. The summed E-state index contributed by atoms with van der Waals surface area (Å²) in [4.78, 5) is 14.2. The van der Waals surface area contributed by atoms with E-state index < -0.39 is 5.97 Å². The third kappa shape index (κ3) is 4.68. The van der Waals surface area contributed by atoms with Gasteiger partial charge in [-0.15, -0.1) is 23.1 Å². The predicted octanol–water partition coefficient (Wildman–Crippen LogP) is 5.73. The fraction of sp³-hybridized carbons (Fsp3) is 0.100. The molecule has 0 amide bonds. The van der Waals surface area contributed by atoms with Crippen LogP contribution in [-0.4, -0.2) is 24.4 Å². The molecule has 0 saturated heterocycles. The molecular formula is C20H18N2O2S3. The molecule has 1 aromatic heterocycles. The van der Waals surface area contributed by atoms with Gasteiger partial charge < -0.3 is 15.4 Å². The Bertz CT molecular complexity index is 955. The molecule has 0 saturated carbocycles. The van der Waals surface area contributed by atoms with Crippen LogP contribution in [0.5, 0.6) is 0 Å². The van der Waals surface area contributed by atoms with Crippen LogP contribution in [0.1, 0.15) is 10.4 Å². The fourth-order valence-corrected chi connectivity index (χ4v) is 4.38. The van der Waals surface area contributed by atoms with Crippen molar-refractivity contribution >= 4 is 57.1 Å². The number of methoxy groups -OCH3 is 1. The van der Waals surface area contributed by atoms with E-state index in [0.29, 0.717) is 15.7 Å². The maximum atomic E-state index is 12.2. The molecule has 0 unspecified atom stereocenters. The first-order chi connectivity index (χ1) is 13.1. The predicted molar refractivity (Wildman–Crippen MR) is 119 cm³/mol. The largest absolute Gasteiger partial charge is 0.465 e. The zero-order valence-electron chi connectivity index (χ0n) is 14.8. The van der Waals surface area contributed by atoms with Gasteiger partial charge in [0.05, 0.1) is 18.4 Å². The second-order valence-electron chi connectivity index (χ2n) is 5.49. The van der Waals surface area contributed by atoms with Gasteiger partial charge in [-0.2, -0.15) is 0 Å². The van der Waals surface area contributed by atoms with Crippen LogP contribution in [0.25, 0.3) is 10.4 Å². The summed E-state index contributed by atoms with van der Waals surface area (Å²) in [5, 5.41) is 7.41. The van der Waals surface area contributed by atoms with Crippen LogP contribution in [-0.2, 0) is 4.74 Å². The Balaban J connectivity index is 1.85. The highest BCUT2D eigenvalue weighted by atomic mass is 32.2. The number of thiophene rings is 1. The highest BCUT2D eigenvalue weighted by Gasteiger charge is 2.18. The Morgan fingerprint density at radius 2 is 1.78 bits per heavy atom. The van der Waals surface area contributed by atoms with Gasteiger partial charge in [0.15, 0.2) is 5.11 Å². The van der Waals surface area contributed by atoms with E-state index in [-0.39, 0.29) is 0 Å². The molecule has 3 aromatic rings. The Morgan fingerprint density at radius 1 is 1.07 bits per heavy atom. The fourth-order valence-electron chi connectivity index (χ4n) is 2.49. The van der Waals surface area contributed by atoms with Gasteiger partial charge in [-0.05, 0) is 42.2 Å². The van der Waals surface area contributed by atoms with Crippen LogP contribution in [0.15, 0.2) is 65.6 Å². The first-order valence-corrected chi connectivity index (χ1v) is 10.6. The van der Waals surface area contributed by atoms with Gasteiger partial charge in [0.2, 0.25) is 0 Å². The molecule has 0 atom stereocenters. The lowest BCUT2D eigenvalue weighted by atomic mass is 10.1. The molecule has 0 aliphatic heterocycles. The standard InChI is InChI=1S/C20H18N2O2S3/c1-24-19(23)14-12-17(13-8-4-3-5-9-13)27-18(14)22-20(25)21-15-10-6-7-11-16(15)26-2/h3-12H,1-2H3,(H2,21,22,25). The molecule has 27 heavy (non-hydrogen) atoms. The van der Waals surface area contributed by atoms with Crippen molar-refractivity contribution in [2.24, 2.45) is 0 Å². The minimum absolute atomic E-state index is 0.400. The monoisotopic (exact) mass is 414 g/mol. The molecule has 138 valence electrons. The van der Waals surface area contributed by atoms with Gasteiger partial charge in [-0.3, -0.25) is 0 Å². The lowest BCUT2D eigenvalue weighted by molar-refractivity contribution is 0.0602. The number of rotatable bonds is 5. The zero-order valence-corrected chi connectivity index (χ0v) is 17.3. The van der Waals surface area contributed by atoms with Crippen molar-refractivity contribution in [1.29, 1.82) is 0 Å². The number of anilines is 2. The summed E-state index contributed by atoms with van der Waals surface area (Å²) in [6, 6.07) is 19.6. The number of nitrogens with one attached hydrogen (secondary N) is 2. The molecule has 0 bridgehead atoms. The number of hydrogen-bond acceptors (Lipinski definition) is 5. The minimum Gasteiger partial charge on any atom is -0.465 e. The minimum atomic E-state index is -0.400. The number of benzene rings is 2. The summed E-state index contributed by atoms with van der Waals surface area (Å²) in [5.41, 5.74) is 2.41. The number of thiocarbonyl (C=S) groups is 1. The van der Waals surface area contributed by atoms with Gasteiger partial charge in [0.1, 0.15) is 5.00 Å². The van der Waals surface area contributed by atoms with E-state index in [2.05, 4.69) is 10.6 Å². The number of thioether (sulfide) groups is 1. The summed E-state index contributed by atoms with van der Waals surface area (Å²) in [5.74, 6) is -0.400. The molecule has 3 rings (SSSR count). The topological polar surface area (TPSA) is 50.4 Å². The summed E-state index contributed by atoms with van der Waals surface area (Å²) in [6.07, 6.45) is 2.01. The number of carbonyl (C=O) groups is 1. The highest BCUT2D eigenvalue weighted by Crippen LogP contribution is 2.36. The van der Waals surface area contributed by atoms with Crippen molar-refractivity contribution in [3.8, 4) is 10.4 Å². The van der Waals surface area contributed by atoms with Crippen molar-refractivity contribution < 1.29 is 9.53 Å². The van der Waals surface area contributed by atoms with Crippen molar-refractivity contribution in [2.75, 3.05) is 24.0 Å². The van der Waals surface area contributed by atoms with Gasteiger partial charge in [0.25, 0.3) is 0 Å². The summed E-state index contributed by atoms with van der Waals surface area (Å²) in [7, 11) is 1.37. The molecule has 4 nitrogen and oxygen atoms in total. The van der Waals surface area contributed by atoms with Gasteiger partial charge in [-0.1, -0.05) is 42.5 Å². The Hall–Kier alpha value is -2.35. The molecule has 0 aliphatic rings. The maximum absolute atomic E-state index is 12.2. The van der Waals surface area contributed by atoms with Crippen LogP contribution in [0.4, 0.5) is 10.7 Å². The number of ether oxygens (including phenoxy) is 1. The van der Waals surface area contributed by atoms with Gasteiger partial charge in [-0.25, -0.2) is 4.79 Å². The molecule has 2 N–H and O–H groups in total. The van der Waals surface area contributed by atoms with E-state index in [1.54, 1.807) is 11.8 Å². The van der Waals surface area contributed by atoms with E-state index in [1.165, 1.54) is 18.4 Å². The molecular weight excluding hydrogens is 396 g/mol. The summed E-state index contributed by atoms with van der Waals surface area (Å²) < 4.78 is 4.92. The molecule has 0 aliphatic carbocycles. The van der Waals surface area contributed by atoms with Crippen molar-refractivity contribution in [3.05, 3.63) is 66.2 Å². The summed E-state index contributed by atoms with van der Waals surface area (Å²) >= 11 is 8.55. The number of para-hydroxylation sites is 1. The first kappa shape index (κ1) is 19.4. The normalized spacial score (nSPS) is 10.3. The van der Waals surface area contributed by atoms with Crippen LogP contribution < -0.4 is 10.6 Å². The molecule has 2 aromatic carbocycles. The smallest absolute Gasteiger partial charge is 0.340 e. The van der Waals surface area contributed by atoms with Gasteiger partial charge >= 0.3 is 5.97 Å². The van der Waals surface area contributed by atoms with E-state index in [9.17, 15) is 4.79 Å². The Kier molecular flexibility index (Phi) is 6.49. The van der Waals surface area contributed by atoms with E-state index in [4.69, 9.17) is 17.0 Å². The Labute approximate surface area is 172 Å². The van der Waals surface area contributed by atoms with Crippen LogP contribution in [0, 0.1) is 0 Å². The number of esters is 1. The maximum Gasteiger partial charge on any atom is 0.340 e. The average molecular weight is 415 g/mol. The lowest BCUT2D eigenvalue weighted by Gasteiger charge is -2.12. The van der Waals surface area contributed by atoms with E-state index in [0.717, 1.165) is 21.0 Å². The van der Waals surface area contributed by atoms with Crippen LogP contribution >= 0.6 is 35.3 Å². The van der Waals surface area contributed by atoms with Crippen molar-refractivity contribution in [3.63, 3.8) is 0 Å². The SMILES string of the molecule is COC(=O)c1cc(-c2ccccc2)sc1NC(=S)Nc1ccccc1SC. The van der Waals surface area contributed by atoms with Crippen molar-refractivity contribution in [1.82, 2.24) is 0 Å². The van der Waals surface area contributed by atoms with Crippen LogP contribution in [0.3, 0.4) is 0 Å². The van der Waals surface area contributed by atoms with Crippen molar-refractivity contribution in [2.45, 2.75) is 4.90 Å². The average Bonchev–Trinajstić information content (AvgIpc) is 3.12. The third-order valence-electron chi connectivity index (χ3n) is 3.78. The van der Waals surface area contributed by atoms with Crippen LogP contribution in [0.2, 0.25) is 0 Å². The quantitative estimate of drug-likeness (QED) is 0.316. The molecule has 0 radical (unpaired) electrons. The molecule has 7 heteroatoms. The summed E-state index contributed by atoms with van der Waals surface area (Å²) in [6.45, 7) is 0. The Morgan fingerprint density at radius 3 is 2.48 bits per heavy atom. The first-order valence-electron chi connectivity index (χ1n) is 8.11. The number of carbonyl (C=O) groups excluding carboxylic acids is 1. The molecule has 1 heterocycles. The highest BCUT2D eigenvalue weighted by molar-refractivity contribution is 7.98. The van der Waals surface area contributed by atoms with Gasteiger partial charge in [0, 0.05) is 9.77 Å². The van der Waals surface area contributed by atoms with E-state index in [1.807, 2.05) is 66.9 Å². The second kappa shape index (κ2) is 9.03. The second-order valence-corrected chi connectivity index (χ2v) is 7.80. The zero-order chi connectivity index (χ0) is 19.2.